The van der Waals surface area contributed by atoms with E-state index >= 15 is 0 Å². The molecule has 0 aromatic rings. The second kappa shape index (κ2) is 3.00. The maximum absolute atomic E-state index is 9.98. The molecule has 0 aromatic carbocycles. The highest BCUT2D eigenvalue weighted by molar-refractivity contribution is 6.30. The molecule has 0 aromatic heterocycles. The first-order chi connectivity index (χ1) is 3.31. The van der Waals surface area contributed by atoms with Gasteiger partial charge in [0.2, 0.25) is 0 Å². The summed E-state index contributed by atoms with van der Waals surface area (Å²) >= 11 is 0. The Kier molecular flexibility index (Phi) is 2.48. The Labute approximate surface area is 40.9 Å². The second-order valence-electron chi connectivity index (χ2n) is 0.851. The van der Waals surface area contributed by atoms with Gasteiger partial charge in [-0.25, -0.2) is 0 Å². The van der Waals surface area contributed by atoms with E-state index in [1.807, 2.05) is 0 Å². The number of carbonyl (C=O) groups excluding carboxylic acids is 1. The first kappa shape index (κ1) is 5.79. The Morgan fingerprint density at radius 3 is 2.57 bits per heavy atom. The van der Waals surface area contributed by atoms with E-state index in [-0.39, 0.29) is 0 Å². The molecule has 0 aliphatic heterocycles. The minimum absolute atomic E-state index is 0.400. The van der Waals surface area contributed by atoms with Gasteiger partial charge in [0.05, 0.1) is 0 Å². The molecule has 3 nitrogen and oxygen atoms in total. The third-order valence-corrected chi connectivity index (χ3v) is 0.386. The van der Waals surface area contributed by atoms with Gasteiger partial charge in [-0.3, -0.25) is 4.79 Å². The summed E-state index contributed by atoms with van der Waals surface area (Å²) in [6.45, 7) is 3.13. The van der Waals surface area contributed by atoms with Gasteiger partial charge in [0.15, 0.2) is 0 Å². The Bertz CT molecular complexity index is 133. The van der Waals surface area contributed by atoms with Gasteiger partial charge in [-0.2, -0.15) is 4.79 Å². The Morgan fingerprint density at radius 2 is 2.43 bits per heavy atom. The topological polar surface area (TPSA) is 53.5 Å². The van der Waals surface area contributed by atoms with Crippen LogP contribution in [0.2, 0.25) is 0 Å². The number of hydrogen-bond donors (Lipinski definition) is 0. The van der Waals surface area contributed by atoms with Gasteiger partial charge < -0.3 is 5.53 Å². The van der Waals surface area contributed by atoms with Gasteiger partial charge in [-0.15, -0.1) is 0 Å². The Morgan fingerprint density at radius 1 is 1.86 bits per heavy atom. The predicted octanol–water partition coefficient (Wildman–Crippen LogP) is 0.0421. The van der Waals surface area contributed by atoms with E-state index in [4.69, 9.17) is 5.53 Å². The average Bonchev–Trinajstić information content (AvgIpc) is 1.68. The highest BCUT2D eigenvalue weighted by Crippen LogP contribution is 1.59. The molecule has 0 amide bonds. The van der Waals surface area contributed by atoms with Crippen LogP contribution in [0.4, 0.5) is 0 Å². The van der Waals surface area contributed by atoms with Crippen LogP contribution in [0.5, 0.6) is 0 Å². The van der Waals surface area contributed by atoms with Crippen LogP contribution in [0.25, 0.3) is 5.53 Å². The Balaban J connectivity index is 3.82. The summed E-state index contributed by atoms with van der Waals surface area (Å²) in [4.78, 5) is 12.4. The molecule has 36 valence electrons. The summed E-state index contributed by atoms with van der Waals surface area (Å²) in [6.07, 6.45) is 1.83. The van der Waals surface area contributed by atoms with Crippen LogP contribution >= 0.6 is 0 Å². The standard InChI is InChI=1S/C4H4N2O/c1-2-4(7)3-6-5/h2-3H,1H2. The van der Waals surface area contributed by atoms with Crippen LogP contribution in [0.15, 0.2) is 12.7 Å². The predicted molar refractivity (Wildman–Crippen MR) is 24.9 cm³/mol. The van der Waals surface area contributed by atoms with Crippen molar-refractivity contribution in [2.24, 2.45) is 0 Å². The number of ketones is 1. The average molecular weight is 96.1 g/mol. The minimum Gasteiger partial charge on any atom is -0.361 e. The minimum atomic E-state index is -0.400. The summed E-state index contributed by atoms with van der Waals surface area (Å²) in [5.74, 6) is -0.400. The van der Waals surface area contributed by atoms with E-state index in [0.29, 0.717) is 0 Å². The van der Waals surface area contributed by atoms with Gasteiger partial charge in [0.25, 0.3) is 5.78 Å². The monoisotopic (exact) mass is 96.0 g/mol. The van der Waals surface area contributed by atoms with Crippen LogP contribution in [-0.2, 0) is 4.79 Å². The molecule has 0 heterocycles. The van der Waals surface area contributed by atoms with Crippen molar-refractivity contribution in [3.8, 4) is 0 Å². The van der Waals surface area contributed by atoms with Crippen molar-refractivity contribution in [1.29, 1.82) is 0 Å². The summed E-state index contributed by atoms with van der Waals surface area (Å²) in [6, 6.07) is 0. The molecule has 0 rings (SSSR count). The summed E-state index contributed by atoms with van der Waals surface area (Å²) < 4.78 is 0. The lowest BCUT2D eigenvalue weighted by atomic mass is 10.4. The lowest BCUT2D eigenvalue weighted by Crippen LogP contribution is -1.91. The van der Waals surface area contributed by atoms with Crippen LogP contribution in [0, 0.1) is 0 Å². The van der Waals surface area contributed by atoms with Crippen LogP contribution in [0.3, 0.4) is 0 Å². The third kappa shape index (κ3) is 2.60. The van der Waals surface area contributed by atoms with Gasteiger partial charge in [-0.05, 0) is 6.08 Å². The molecule has 0 unspecified atom stereocenters. The van der Waals surface area contributed by atoms with Crippen molar-refractivity contribution in [3.63, 3.8) is 0 Å². The summed E-state index contributed by atoms with van der Waals surface area (Å²) in [7, 11) is 0. The molecule has 0 radical (unpaired) electrons. The van der Waals surface area contributed by atoms with Crippen molar-refractivity contribution in [1.82, 2.24) is 0 Å². The molecule has 3 heteroatoms. The first-order valence-electron chi connectivity index (χ1n) is 1.65. The van der Waals surface area contributed by atoms with Crippen molar-refractivity contribution in [2.75, 3.05) is 0 Å². The van der Waals surface area contributed by atoms with Gasteiger partial charge in [-0.1, -0.05) is 6.58 Å². The van der Waals surface area contributed by atoms with Crippen LogP contribution in [-0.4, -0.2) is 16.8 Å². The van der Waals surface area contributed by atoms with E-state index in [1.165, 1.54) is 0 Å². The van der Waals surface area contributed by atoms with E-state index < -0.39 is 5.78 Å². The molecule has 0 saturated heterocycles. The molecule has 0 atom stereocenters. The van der Waals surface area contributed by atoms with Gasteiger partial charge in [0.1, 0.15) is 0 Å². The van der Waals surface area contributed by atoms with E-state index in [1.54, 1.807) is 0 Å². The zero-order valence-electron chi connectivity index (χ0n) is 3.66. The molecule has 0 fully saturated rings. The van der Waals surface area contributed by atoms with Gasteiger partial charge >= 0.3 is 6.21 Å². The number of rotatable bonds is 2. The largest absolute Gasteiger partial charge is 0.361 e. The smallest absolute Gasteiger partial charge is 0.327 e. The highest BCUT2D eigenvalue weighted by Gasteiger charge is 1.88. The fourth-order valence-corrected chi connectivity index (χ4v) is 0.110. The SMILES string of the molecule is C=CC(=O)C=[N+]=[N-]. The number of carbonyl (C=O) groups is 1. The maximum atomic E-state index is 9.98. The molecule has 0 N–H and O–H groups in total. The molecule has 0 bridgehead atoms. The van der Waals surface area contributed by atoms with Gasteiger partial charge in [0, 0.05) is 0 Å². The summed E-state index contributed by atoms with van der Waals surface area (Å²) in [5.41, 5.74) is 7.67. The summed E-state index contributed by atoms with van der Waals surface area (Å²) in [5, 5.41) is 0. The molecule has 7 heavy (non-hydrogen) atoms. The maximum Gasteiger partial charge on any atom is 0.327 e. The fraction of sp³-hybridized carbons (Fsp3) is 0. The first-order valence-corrected chi connectivity index (χ1v) is 1.65. The molecule has 0 aliphatic carbocycles. The van der Waals surface area contributed by atoms with E-state index in [0.717, 1.165) is 12.3 Å². The molecular formula is C4H4N2O. The van der Waals surface area contributed by atoms with E-state index in [2.05, 4.69) is 11.4 Å². The van der Waals surface area contributed by atoms with Crippen molar-refractivity contribution in [2.45, 2.75) is 0 Å². The van der Waals surface area contributed by atoms with Crippen molar-refractivity contribution < 1.29 is 9.58 Å². The fourth-order valence-electron chi connectivity index (χ4n) is 0.110. The molecule has 0 aliphatic rings. The Hall–Kier alpha value is -1.21. The third-order valence-electron chi connectivity index (χ3n) is 0.386. The van der Waals surface area contributed by atoms with Crippen LogP contribution in [0.1, 0.15) is 0 Å². The second-order valence-corrected chi connectivity index (χ2v) is 0.851. The van der Waals surface area contributed by atoms with E-state index in [9.17, 15) is 4.79 Å². The van der Waals surface area contributed by atoms with Crippen molar-refractivity contribution in [3.05, 3.63) is 18.2 Å². The normalized spacial score (nSPS) is 6.29. The highest BCUT2D eigenvalue weighted by atomic mass is 16.1. The zero-order chi connectivity index (χ0) is 5.70. The molecular weight excluding hydrogens is 92.1 g/mol. The van der Waals surface area contributed by atoms with Crippen LogP contribution < -0.4 is 0 Å². The lowest BCUT2D eigenvalue weighted by Gasteiger charge is -1.60. The molecule has 0 saturated carbocycles. The number of hydrogen-bond acceptors (Lipinski definition) is 1. The zero-order valence-corrected chi connectivity index (χ0v) is 3.66. The van der Waals surface area contributed by atoms with Crippen molar-refractivity contribution >= 4 is 12.0 Å². The number of allylic oxidation sites excluding steroid dienone is 1. The quantitative estimate of drug-likeness (QED) is 0.207. The number of nitrogens with zero attached hydrogens (tertiary/aromatic N) is 2. The lowest BCUT2D eigenvalue weighted by molar-refractivity contribution is -0.111. The molecule has 0 spiro atoms.